The van der Waals surface area contributed by atoms with Gasteiger partial charge in [-0.1, -0.05) is 0 Å². The molecule has 0 radical (unpaired) electrons. The Balaban J connectivity index is 2.09. The molecule has 9 nitrogen and oxygen atoms in total. The summed E-state index contributed by atoms with van der Waals surface area (Å²) in [4.78, 5) is 14.8. The summed E-state index contributed by atoms with van der Waals surface area (Å²) in [6.45, 7) is 1.39. The zero-order valence-corrected chi connectivity index (χ0v) is 12.6. The summed E-state index contributed by atoms with van der Waals surface area (Å²) in [7, 11) is 3.71. The standard InChI is InChI=1S/C13H19N5O4/c1-6-15-11(17(2)3)8-12(16-6)18(5-14-8)13-10(21)9(20)7(4-19)22-13/h5,7,9-10,13,19-21H,4H2,1-3H3/t7-,9+,10+,13+/m1/s1. The molecule has 0 unspecified atom stereocenters. The normalized spacial score (nSPS) is 28.5. The summed E-state index contributed by atoms with van der Waals surface area (Å²) in [5.74, 6) is 1.22. The van der Waals surface area contributed by atoms with Gasteiger partial charge >= 0.3 is 0 Å². The molecule has 0 aliphatic carbocycles. The smallest absolute Gasteiger partial charge is 0.167 e. The number of aryl methyl sites for hydroxylation is 1. The summed E-state index contributed by atoms with van der Waals surface area (Å²) in [6, 6.07) is 0. The molecule has 9 heteroatoms. The molecule has 2 aromatic heterocycles. The maximum Gasteiger partial charge on any atom is 0.167 e. The second-order valence-corrected chi connectivity index (χ2v) is 5.54. The zero-order chi connectivity index (χ0) is 16.0. The van der Waals surface area contributed by atoms with Crippen molar-refractivity contribution in [1.29, 1.82) is 0 Å². The lowest BCUT2D eigenvalue weighted by Gasteiger charge is -2.17. The predicted octanol–water partition coefficient (Wildman–Crippen LogP) is -1.19. The molecule has 3 rings (SSSR count). The van der Waals surface area contributed by atoms with Crippen molar-refractivity contribution >= 4 is 17.0 Å². The van der Waals surface area contributed by atoms with E-state index in [2.05, 4.69) is 15.0 Å². The van der Waals surface area contributed by atoms with Crippen LogP contribution >= 0.6 is 0 Å². The molecule has 3 heterocycles. The van der Waals surface area contributed by atoms with Crippen molar-refractivity contribution in [2.75, 3.05) is 25.6 Å². The Morgan fingerprint density at radius 2 is 2.00 bits per heavy atom. The lowest BCUT2D eigenvalue weighted by atomic mass is 10.1. The van der Waals surface area contributed by atoms with E-state index in [1.54, 1.807) is 11.5 Å². The molecule has 1 aliphatic heterocycles. The fourth-order valence-corrected chi connectivity index (χ4v) is 2.62. The van der Waals surface area contributed by atoms with Gasteiger partial charge in [-0.2, -0.15) is 0 Å². The SMILES string of the molecule is Cc1nc(N(C)C)c2ncn([C@H]3O[C@H](CO)[C@H](O)[C@@H]3O)c2n1. The fraction of sp³-hybridized carbons (Fsp3) is 0.615. The molecular formula is C13H19N5O4. The van der Waals surface area contributed by atoms with Crippen LogP contribution in [0.5, 0.6) is 0 Å². The number of hydrogen-bond acceptors (Lipinski definition) is 8. The minimum Gasteiger partial charge on any atom is -0.394 e. The van der Waals surface area contributed by atoms with Crippen molar-refractivity contribution in [3.63, 3.8) is 0 Å². The number of ether oxygens (including phenoxy) is 1. The summed E-state index contributed by atoms with van der Waals surface area (Å²) >= 11 is 0. The number of anilines is 1. The van der Waals surface area contributed by atoms with Crippen molar-refractivity contribution in [2.24, 2.45) is 0 Å². The third-order valence-corrected chi connectivity index (χ3v) is 3.73. The lowest BCUT2D eigenvalue weighted by Crippen LogP contribution is -2.33. The van der Waals surface area contributed by atoms with Gasteiger partial charge in [-0.3, -0.25) is 4.57 Å². The average Bonchev–Trinajstić information content (AvgIpc) is 3.00. The van der Waals surface area contributed by atoms with Crippen molar-refractivity contribution in [1.82, 2.24) is 19.5 Å². The second kappa shape index (κ2) is 5.43. The number of nitrogens with zero attached hydrogens (tertiary/aromatic N) is 5. The van der Waals surface area contributed by atoms with Crippen LogP contribution in [-0.2, 0) is 4.74 Å². The first-order valence-corrected chi connectivity index (χ1v) is 6.95. The van der Waals surface area contributed by atoms with Crippen LogP contribution in [0.4, 0.5) is 5.82 Å². The van der Waals surface area contributed by atoms with Gasteiger partial charge in [0.15, 0.2) is 23.2 Å². The van der Waals surface area contributed by atoms with Gasteiger partial charge in [-0.25, -0.2) is 15.0 Å². The van der Waals surface area contributed by atoms with E-state index in [0.717, 1.165) is 0 Å². The molecule has 1 aliphatic rings. The van der Waals surface area contributed by atoms with Crippen molar-refractivity contribution < 1.29 is 20.1 Å². The van der Waals surface area contributed by atoms with E-state index in [-0.39, 0.29) is 6.61 Å². The number of aliphatic hydroxyl groups excluding tert-OH is 3. The van der Waals surface area contributed by atoms with Crippen molar-refractivity contribution in [3.8, 4) is 0 Å². The molecule has 120 valence electrons. The first-order valence-electron chi connectivity index (χ1n) is 6.95. The highest BCUT2D eigenvalue weighted by molar-refractivity contribution is 5.83. The second-order valence-electron chi connectivity index (χ2n) is 5.54. The highest BCUT2D eigenvalue weighted by Crippen LogP contribution is 2.32. The van der Waals surface area contributed by atoms with Gasteiger partial charge in [0.1, 0.15) is 24.1 Å². The van der Waals surface area contributed by atoms with Crippen molar-refractivity contribution in [2.45, 2.75) is 31.5 Å². The van der Waals surface area contributed by atoms with Gasteiger partial charge in [0.25, 0.3) is 0 Å². The van der Waals surface area contributed by atoms with Crippen LogP contribution in [-0.4, -0.2) is 73.9 Å². The maximum atomic E-state index is 10.1. The molecule has 1 saturated heterocycles. The van der Waals surface area contributed by atoms with Crippen LogP contribution in [0.2, 0.25) is 0 Å². The van der Waals surface area contributed by atoms with Crippen LogP contribution in [0, 0.1) is 6.92 Å². The number of hydrogen-bond donors (Lipinski definition) is 3. The molecule has 22 heavy (non-hydrogen) atoms. The zero-order valence-electron chi connectivity index (χ0n) is 12.6. The maximum absolute atomic E-state index is 10.1. The van der Waals surface area contributed by atoms with Crippen LogP contribution in [0.25, 0.3) is 11.2 Å². The molecular weight excluding hydrogens is 290 g/mol. The minimum absolute atomic E-state index is 0.377. The highest BCUT2D eigenvalue weighted by atomic mass is 16.6. The summed E-state index contributed by atoms with van der Waals surface area (Å²) in [5, 5.41) is 29.2. The van der Waals surface area contributed by atoms with E-state index >= 15 is 0 Å². The number of aromatic nitrogens is 4. The summed E-state index contributed by atoms with van der Waals surface area (Å²) < 4.78 is 7.08. The third-order valence-electron chi connectivity index (χ3n) is 3.73. The largest absolute Gasteiger partial charge is 0.394 e. The van der Waals surface area contributed by atoms with E-state index in [1.807, 2.05) is 19.0 Å². The molecule has 3 N–H and O–H groups in total. The number of fused-ring (bicyclic) bond motifs is 1. The average molecular weight is 309 g/mol. The van der Waals surface area contributed by atoms with Gasteiger partial charge in [0.05, 0.1) is 12.9 Å². The Labute approximate surface area is 126 Å². The number of imidazole rings is 1. The summed E-state index contributed by atoms with van der Waals surface area (Å²) in [5.41, 5.74) is 1.08. The predicted molar refractivity (Wildman–Crippen MR) is 77.4 cm³/mol. The van der Waals surface area contributed by atoms with E-state index in [4.69, 9.17) is 4.74 Å². The lowest BCUT2D eigenvalue weighted by molar-refractivity contribution is -0.0511. The Morgan fingerprint density at radius 1 is 1.27 bits per heavy atom. The van der Waals surface area contributed by atoms with Crippen LogP contribution in [0.15, 0.2) is 6.33 Å². The fourth-order valence-electron chi connectivity index (χ4n) is 2.62. The molecule has 4 atom stereocenters. The molecule has 0 aromatic carbocycles. The van der Waals surface area contributed by atoms with Crippen molar-refractivity contribution in [3.05, 3.63) is 12.2 Å². The minimum atomic E-state index is -1.17. The number of rotatable bonds is 3. The molecule has 0 saturated carbocycles. The molecule has 2 aromatic rings. The van der Waals surface area contributed by atoms with Gasteiger partial charge in [0.2, 0.25) is 0 Å². The highest BCUT2D eigenvalue weighted by Gasteiger charge is 2.44. The molecule has 0 spiro atoms. The van der Waals surface area contributed by atoms with Gasteiger partial charge in [-0.15, -0.1) is 0 Å². The summed E-state index contributed by atoms with van der Waals surface area (Å²) in [6.07, 6.45) is -2.54. The quantitative estimate of drug-likeness (QED) is 0.648. The Hall–Kier alpha value is -1.81. The van der Waals surface area contributed by atoms with Crippen LogP contribution in [0.3, 0.4) is 0 Å². The van der Waals surface area contributed by atoms with E-state index < -0.39 is 24.5 Å². The van der Waals surface area contributed by atoms with Gasteiger partial charge < -0.3 is 25.0 Å². The molecule has 0 amide bonds. The van der Waals surface area contributed by atoms with E-state index in [0.29, 0.717) is 22.8 Å². The van der Waals surface area contributed by atoms with Gasteiger partial charge in [0, 0.05) is 14.1 Å². The van der Waals surface area contributed by atoms with Crippen LogP contribution in [0.1, 0.15) is 12.1 Å². The van der Waals surface area contributed by atoms with Gasteiger partial charge in [-0.05, 0) is 6.92 Å². The molecule has 0 bridgehead atoms. The van der Waals surface area contributed by atoms with E-state index in [9.17, 15) is 15.3 Å². The first kappa shape index (κ1) is 15.1. The Kier molecular flexibility index (Phi) is 3.73. The monoisotopic (exact) mass is 309 g/mol. The number of aliphatic hydroxyl groups is 3. The first-order chi connectivity index (χ1) is 10.4. The third kappa shape index (κ3) is 2.22. The van der Waals surface area contributed by atoms with Crippen LogP contribution < -0.4 is 4.90 Å². The molecule has 1 fully saturated rings. The van der Waals surface area contributed by atoms with E-state index in [1.165, 1.54) is 6.33 Å². The Morgan fingerprint density at radius 3 is 2.59 bits per heavy atom. The Bertz CT molecular complexity index is 688. The topological polar surface area (TPSA) is 117 Å².